The highest BCUT2D eigenvalue weighted by atomic mass is 19.1. The van der Waals surface area contributed by atoms with E-state index < -0.39 is 11.6 Å². The van der Waals surface area contributed by atoms with E-state index in [0.717, 1.165) is 29.9 Å². The third-order valence-corrected chi connectivity index (χ3v) is 4.25. The van der Waals surface area contributed by atoms with Crippen LogP contribution in [0, 0.1) is 18.6 Å². The molecule has 0 spiro atoms. The molecule has 6 heteroatoms. The number of hydrogen-bond acceptors (Lipinski definition) is 3. The smallest absolute Gasteiger partial charge is 0.210 e. The van der Waals surface area contributed by atoms with Gasteiger partial charge in [-0.3, -0.25) is 4.79 Å². The van der Waals surface area contributed by atoms with Crippen molar-refractivity contribution in [2.24, 2.45) is 0 Å². The molecule has 1 unspecified atom stereocenters. The van der Waals surface area contributed by atoms with Crippen LogP contribution in [0.15, 0.2) is 24.4 Å². The maximum atomic E-state index is 13.8. The van der Waals surface area contributed by atoms with Crippen molar-refractivity contribution < 1.29 is 13.6 Å². The van der Waals surface area contributed by atoms with E-state index in [1.165, 1.54) is 23.1 Å². The molecule has 0 saturated heterocycles. The van der Waals surface area contributed by atoms with Gasteiger partial charge in [0.1, 0.15) is 17.5 Å². The Labute approximate surface area is 133 Å². The molecule has 0 fully saturated rings. The highest BCUT2D eigenvalue weighted by Gasteiger charge is 2.26. The fraction of sp³-hybridized carbons (Fsp3) is 0.353. The first-order valence-corrected chi connectivity index (χ1v) is 7.54. The number of hydrogen-bond donors (Lipinski definition) is 0. The van der Waals surface area contributed by atoms with Gasteiger partial charge in [0.25, 0.3) is 0 Å². The van der Waals surface area contributed by atoms with E-state index in [1.807, 2.05) is 6.92 Å². The van der Waals surface area contributed by atoms with E-state index in [9.17, 15) is 13.6 Å². The monoisotopic (exact) mass is 317 g/mol. The number of fused-ring (bicyclic) bond motifs is 1. The second-order valence-corrected chi connectivity index (χ2v) is 5.76. The molecule has 1 aliphatic rings. The number of aromatic nitrogens is 2. The van der Waals surface area contributed by atoms with E-state index in [-0.39, 0.29) is 18.2 Å². The lowest BCUT2D eigenvalue weighted by molar-refractivity contribution is -0.121. The highest BCUT2D eigenvalue weighted by Crippen LogP contribution is 2.24. The summed E-state index contributed by atoms with van der Waals surface area (Å²) < 4.78 is 27.6. The Morgan fingerprint density at radius 3 is 2.78 bits per heavy atom. The summed E-state index contributed by atoms with van der Waals surface area (Å²) >= 11 is 0. The fourth-order valence-electron chi connectivity index (χ4n) is 2.99. The van der Waals surface area contributed by atoms with Gasteiger partial charge in [0, 0.05) is 23.5 Å². The van der Waals surface area contributed by atoms with E-state index in [0.29, 0.717) is 12.8 Å². The quantitative estimate of drug-likeness (QED) is 0.814. The average molecular weight is 317 g/mol. The third-order valence-electron chi connectivity index (χ3n) is 4.25. The Bertz CT molecular complexity index is 716. The van der Waals surface area contributed by atoms with Crippen LogP contribution in [0.1, 0.15) is 29.1 Å². The van der Waals surface area contributed by atoms with Crippen LogP contribution in [0.3, 0.4) is 0 Å². The lowest BCUT2D eigenvalue weighted by atomic mass is 9.91. The minimum Gasteiger partial charge on any atom is -0.337 e. The van der Waals surface area contributed by atoms with Crippen molar-refractivity contribution in [3.05, 3.63) is 58.7 Å². The summed E-state index contributed by atoms with van der Waals surface area (Å²) in [5, 5.41) is 0. The van der Waals surface area contributed by atoms with Gasteiger partial charge in [0.05, 0.1) is 6.54 Å². The first kappa shape index (κ1) is 15.5. The largest absolute Gasteiger partial charge is 0.337 e. The molecule has 1 aliphatic carbocycles. The predicted octanol–water partition coefficient (Wildman–Crippen LogP) is 2.58. The molecule has 0 radical (unpaired) electrons. The van der Waals surface area contributed by atoms with Gasteiger partial charge in [0.2, 0.25) is 6.41 Å². The van der Waals surface area contributed by atoms with E-state index >= 15 is 0 Å². The minimum atomic E-state index is -0.632. The summed E-state index contributed by atoms with van der Waals surface area (Å²) in [5.41, 5.74) is 1.91. The summed E-state index contributed by atoms with van der Waals surface area (Å²) in [6, 6.07) is 3.61. The molecule has 1 heterocycles. The zero-order valence-electron chi connectivity index (χ0n) is 12.8. The standard InChI is InChI=1S/C17H17F2N3O/c1-11-20-8-12-7-13(5-6-17(12)21-11)22(10-23)9-14-15(18)3-2-4-16(14)19/h2-4,8,10,13H,5-7,9H2,1H3. The van der Waals surface area contributed by atoms with Gasteiger partial charge in [-0.25, -0.2) is 18.7 Å². The number of benzene rings is 1. The van der Waals surface area contributed by atoms with Gasteiger partial charge in [-0.2, -0.15) is 0 Å². The van der Waals surface area contributed by atoms with Gasteiger partial charge in [0.15, 0.2) is 0 Å². The summed E-state index contributed by atoms with van der Waals surface area (Å²) in [5.74, 6) is -0.540. The molecular formula is C17H17F2N3O. The lowest BCUT2D eigenvalue weighted by Gasteiger charge is -2.32. The van der Waals surface area contributed by atoms with Crippen LogP contribution in [-0.4, -0.2) is 27.3 Å². The van der Waals surface area contributed by atoms with Crippen molar-refractivity contribution in [1.82, 2.24) is 14.9 Å². The normalized spacial score (nSPS) is 16.7. The molecule has 1 aromatic carbocycles. The lowest BCUT2D eigenvalue weighted by Crippen LogP contribution is -2.38. The van der Waals surface area contributed by atoms with Crippen molar-refractivity contribution in [2.45, 2.75) is 38.8 Å². The highest BCUT2D eigenvalue weighted by molar-refractivity contribution is 5.49. The Morgan fingerprint density at radius 1 is 1.35 bits per heavy atom. The Hall–Kier alpha value is -2.37. The molecule has 23 heavy (non-hydrogen) atoms. The van der Waals surface area contributed by atoms with Gasteiger partial charge in [-0.1, -0.05) is 6.07 Å². The van der Waals surface area contributed by atoms with Crippen LogP contribution in [0.4, 0.5) is 8.78 Å². The van der Waals surface area contributed by atoms with Crippen molar-refractivity contribution in [1.29, 1.82) is 0 Å². The average Bonchev–Trinajstić information content (AvgIpc) is 2.54. The number of amides is 1. The molecule has 120 valence electrons. The minimum absolute atomic E-state index is 0.0747. The molecule has 0 N–H and O–H groups in total. The molecule has 0 saturated carbocycles. The van der Waals surface area contributed by atoms with Gasteiger partial charge >= 0.3 is 0 Å². The molecule has 1 amide bonds. The maximum Gasteiger partial charge on any atom is 0.210 e. The Morgan fingerprint density at radius 2 is 2.09 bits per heavy atom. The van der Waals surface area contributed by atoms with Gasteiger partial charge in [-0.05, 0) is 43.9 Å². The molecular weight excluding hydrogens is 300 g/mol. The van der Waals surface area contributed by atoms with Crippen LogP contribution in [0.25, 0.3) is 0 Å². The number of carbonyl (C=O) groups excluding carboxylic acids is 1. The van der Waals surface area contributed by atoms with Crippen LogP contribution < -0.4 is 0 Å². The number of aryl methyl sites for hydroxylation is 2. The van der Waals surface area contributed by atoms with E-state index in [4.69, 9.17) is 0 Å². The molecule has 1 atom stereocenters. The van der Waals surface area contributed by atoms with Crippen molar-refractivity contribution in [2.75, 3.05) is 0 Å². The zero-order chi connectivity index (χ0) is 16.4. The van der Waals surface area contributed by atoms with E-state index in [2.05, 4.69) is 9.97 Å². The number of rotatable bonds is 4. The van der Waals surface area contributed by atoms with Crippen LogP contribution >= 0.6 is 0 Å². The van der Waals surface area contributed by atoms with Crippen LogP contribution in [-0.2, 0) is 24.2 Å². The summed E-state index contributed by atoms with van der Waals surface area (Å²) in [4.78, 5) is 21.5. The molecule has 3 rings (SSSR count). The second-order valence-electron chi connectivity index (χ2n) is 5.76. The summed E-state index contributed by atoms with van der Waals surface area (Å²) in [6.45, 7) is 1.76. The van der Waals surface area contributed by atoms with Crippen LogP contribution in [0.2, 0.25) is 0 Å². The van der Waals surface area contributed by atoms with Gasteiger partial charge < -0.3 is 4.90 Å². The number of nitrogens with zero attached hydrogens (tertiary/aromatic N) is 3. The summed E-state index contributed by atoms with van der Waals surface area (Å²) in [6.07, 6.45) is 4.49. The first-order valence-electron chi connectivity index (χ1n) is 7.54. The first-order chi connectivity index (χ1) is 11.1. The fourth-order valence-corrected chi connectivity index (χ4v) is 2.99. The number of halogens is 2. The maximum absolute atomic E-state index is 13.8. The van der Waals surface area contributed by atoms with Crippen molar-refractivity contribution in [3.8, 4) is 0 Å². The van der Waals surface area contributed by atoms with Gasteiger partial charge in [-0.15, -0.1) is 0 Å². The Balaban J connectivity index is 1.80. The van der Waals surface area contributed by atoms with Crippen molar-refractivity contribution >= 4 is 6.41 Å². The summed E-state index contributed by atoms with van der Waals surface area (Å²) in [7, 11) is 0. The van der Waals surface area contributed by atoms with E-state index in [1.54, 1.807) is 6.20 Å². The molecule has 4 nitrogen and oxygen atoms in total. The zero-order valence-corrected chi connectivity index (χ0v) is 12.8. The second kappa shape index (κ2) is 6.40. The van der Waals surface area contributed by atoms with Crippen molar-refractivity contribution in [3.63, 3.8) is 0 Å². The predicted molar refractivity (Wildman–Crippen MR) is 80.5 cm³/mol. The Kier molecular flexibility index (Phi) is 4.32. The molecule has 2 aromatic rings. The molecule has 0 aliphatic heterocycles. The topological polar surface area (TPSA) is 46.1 Å². The molecule has 0 bridgehead atoms. The molecule has 1 aromatic heterocycles. The number of carbonyl (C=O) groups is 1. The SMILES string of the molecule is Cc1ncc2c(n1)CCC(N(C=O)Cc1c(F)cccc1F)C2. The van der Waals surface area contributed by atoms with Crippen LogP contribution in [0.5, 0.6) is 0 Å². The third kappa shape index (κ3) is 3.21.